The molecular formula is C16H28N2O. The Morgan fingerprint density at radius 1 is 1.32 bits per heavy atom. The summed E-state index contributed by atoms with van der Waals surface area (Å²) in [6.45, 7) is 12.7. The highest BCUT2D eigenvalue weighted by Crippen LogP contribution is 2.32. The minimum atomic E-state index is 0.229. The topological polar surface area (TPSA) is 47.3 Å². The Kier molecular flexibility index (Phi) is 5.52. The average Bonchev–Trinajstić information content (AvgIpc) is 2.36. The van der Waals surface area contributed by atoms with Crippen LogP contribution < -0.4 is 15.8 Å². The summed E-state index contributed by atoms with van der Waals surface area (Å²) >= 11 is 0. The Bertz CT molecular complexity index is 400. The lowest BCUT2D eigenvalue weighted by atomic mass is 9.81. The van der Waals surface area contributed by atoms with Gasteiger partial charge in [-0.3, -0.25) is 0 Å². The van der Waals surface area contributed by atoms with Crippen molar-refractivity contribution in [1.82, 2.24) is 0 Å². The molecule has 0 bridgehead atoms. The van der Waals surface area contributed by atoms with Crippen LogP contribution in [0.4, 0.5) is 11.4 Å². The quantitative estimate of drug-likeness (QED) is 0.727. The lowest BCUT2D eigenvalue weighted by Gasteiger charge is -2.30. The first-order valence-corrected chi connectivity index (χ1v) is 7.13. The van der Waals surface area contributed by atoms with Gasteiger partial charge in [-0.25, -0.2) is 0 Å². The molecule has 0 spiro atoms. The van der Waals surface area contributed by atoms with Crippen LogP contribution in [0.5, 0.6) is 5.75 Å². The summed E-state index contributed by atoms with van der Waals surface area (Å²) in [5.41, 5.74) is 8.04. The highest BCUT2D eigenvalue weighted by atomic mass is 16.5. The molecule has 0 saturated heterocycles. The zero-order chi connectivity index (χ0) is 14.5. The van der Waals surface area contributed by atoms with Crippen LogP contribution in [0.3, 0.4) is 0 Å². The molecule has 19 heavy (non-hydrogen) atoms. The molecule has 0 heterocycles. The van der Waals surface area contributed by atoms with Crippen molar-refractivity contribution in [1.29, 1.82) is 0 Å². The first-order valence-electron chi connectivity index (χ1n) is 7.13. The van der Waals surface area contributed by atoms with Crippen LogP contribution in [0.15, 0.2) is 18.2 Å². The van der Waals surface area contributed by atoms with E-state index in [9.17, 15) is 0 Å². The maximum absolute atomic E-state index is 6.14. The van der Waals surface area contributed by atoms with E-state index in [4.69, 9.17) is 10.5 Å². The molecule has 3 N–H and O–H groups in total. The fourth-order valence-electron chi connectivity index (χ4n) is 1.56. The SMILES string of the molecule is CCCOc1cccc(NCC(C)(C)C(C)C)c1N. The molecule has 1 aromatic rings. The molecule has 3 nitrogen and oxygen atoms in total. The van der Waals surface area contributed by atoms with Gasteiger partial charge in [-0.1, -0.05) is 40.7 Å². The Hall–Kier alpha value is -1.38. The Balaban J connectivity index is 2.74. The molecule has 108 valence electrons. The second kappa shape index (κ2) is 6.69. The predicted molar refractivity (Wildman–Crippen MR) is 83.7 cm³/mol. The van der Waals surface area contributed by atoms with Gasteiger partial charge in [0.25, 0.3) is 0 Å². The molecule has 0 aromatic heterocycles. The summed E-state index contributed by atoms with van der Waals surface area (Å²) in [5, 5.41) is 3.45. The summed E-state index contributed by atoms with van der Waals surface area (Å²) in [6.07, 6.45) is 0.984. The number of hydrogen-bond acceptors (Lipinski definition) is 3. The van der Waals surface area contributed by atoms with Crippen LogP contribution in [0.25, 0.3) is 0 Å². The highest BCUT2D eigenvalue weighted by Gasteiger charge is 2.22. The maximum Gasteiger partial charge on any atom is 0.144 e. The van der Waals surface area contributed by atoms with Gasteiger partial charge in [0.2, 0.25) is 0 Å². The molecule has 0 fully saturated rings. The van der Waals surface area contributed by atoms with Crippen LogP contribution in [0, 0.1) is 11.3 Å². The van der Waals surface area contributed by atoms with Gasteiger partial charge >= 0.3 is 0 Å². The zero-order valence-electron chi connectivity index (χ0n) is 12.9. The number of benzene rings is 1. The van der Waals surface area contributed by atoms with Crippen molar-refractivity contribution in [2.75, 3.05) is 24.2 Å². The molecule has 1 aromatic carbocycles. The van der Waals surface area contributed by atoms with E-state index >= 15 is 0 Å². The molecule has 0 unspecified atom stereocenters. The average molecular weight is 264 g/mol. The summed E-state index contributed by atoms with van der Waals surface area (Å²) in [4.78, 5) is 0. The monoisotopic (exact) mass is 264 g/mol. The smallest absolute Gasteiger partial charge is 0.144 e. The van der Waals surface area contributed by atoms with Crippen molar-refractivity contribution in [3.63, 3.8) is 0 Å². The van der Waals surface area contributed by atoms with Crippen LogP contribution >= 0.6 is 0 Å². The standard InChI is InChI=1S/C16H28N2O/c1-6-10-19-14-9-7-8-13(15(14)17)18-11-16(4,5)12(2)3/h7-9,12,18H,6,10-11,17H2,1-5H3. The Labute approximate surface area is 117 Å². The summed E-state index contributed by atoms with van der Waals surface area (Å²) in [7, 11) is 0. The van der Waals surface area contributed by atoms with Gasteiger partial charge in [0.15, 0.2) is 0 Å². The largest absolute Gasteiger partial charge is 0.491 e. The van der Waals surface area contributed by atoms with Crippen molar-refractivity contribution in [3.8, 4) is 5.75 Å². The van der Waals surface area contributed by atoms with Crippen LogP contribution in [-0.4, -0.2) is 13.2 Å². The second-order valence-electron chi connectivity index (χ2n) is 6.06. The van der Waals surface area contributed by atoms with E-state index in [2.05, 4.69) is 39.9 Å². The van der Waals surface area contributed by atoms with Gasteiger partial charge in [0.1, 0.15) is 5.75 Å². The lowest BCUT2D eigenvalue weighted by molar-refractivity contribution is 0.269. The molecular weight excluding hydrogens is 236 g/mol. The number of para-hydroxylation sites is 1. The third kappa shape index (κ3) is 4.34. The Morgan fingerprint density at radius 2 is 2.00 bits per heavy atom. The maximum atomic E-state index is 6.14. The van der Waals surface area contributed by atoms with Gasteiger partial charge in [-0.15, -0.1) is 0 Å². The summed E-state index contributed by atoms with van der Waals surface area (Å²) in [6, 6.07) is 5.90. The van der Waals surface area contributed by atoms with Crippen LogP contribution in [0.2, 0.25) is 0 Å². The Morgan fingerprint density at radius 3 is 2.58 bits per heavy atom. The number of anilines is 2. The number of nitrogens with one attached hydrogen (secondary N) is 1. The predicted octanol–water partition coefficient (Wildman–Crippen LogP) is 4.15. The van der Waals surface area contributed by atoms with E-state index in [-0.39, 0.29) is 5.41 Å². The first-order chi connectivity index (χ1) is 8.88. The molecule has 1 rings (SSSR count). The third-order valence-corrected chi connectivity index (χ3v) is 3.83. The van der Waals surface area contributed by atoms with E-state index in [1.54, 1.807) is 0 Å². The molecule has 0 saturated carbocycles. The molecule has 0 radical (unpaired) electrons. The third-order valence-electron chi connectivity index (χ3n) is 3.83. The molecule has 0 aliphatic heterocycles. The van der Waals surface area contributed by atoms with Gasteiger partial charge in [0.05, 0.1) is 18.0 Å². The number of nitrogens with two attached hydrogens (primary N) is 1. The fraction of sp³-hybridized carbons (Fsp3) is 0.625. The van der Waals surface area contributed by atoms with Gasteiger partial charge in [-0.05, 0) is 29.9 Å². The van der Waals surface area contributed by atoms with Crippen molar-refractivity contribution in [3.05, 3.63) is 18.2 Å². The zero-order valence-corrected chi connectivity index (χ0v) is 12.9. The summed E-state index contributed by atoms with van der Waals surface area (Å²) < 4.78 is 5.64. The van der Waals surface area contributed by atoms with Crippen molar-refractivity contribution >= 4 is 11.4 Å². The van der Waals surface area contributed by atoms with Crippen LogP contribution in [0.1, 0.15) is 41.0 Å². The first kappa shape index (κ1) is 15.7. The van der Waals surface area contributed by atoms with Gasteiger partial charge in [0, 0.05) is 6.54 Å². The molecule has 0 aliphatic carbocycles. The number of nitrogen functional groups attached to an aromatic ring is 1. The molecule has 0 atom stereocenters. The normalized spacial score (nSPS) is 11.7. The van der Waals surface area contributed by atoms with Crippen molar-refractivity contribution in [2.45, 2.75) is 41.0 Å². The van der Waals surface area contributed by atoms with Crippen molar-refractivity contribution < 1.29 is 4.74 Å². The molecule has 0 amide bonds. The van der Waals surface area contributed by atoms with Gasteiger partial charge in [-0.2, -0.15) is 0 Å². The van der Waals surface area contributed by atoms with E-state index in [0.717, 1.165) is 24.4 Å². The number of rotatable bonds is 7. The van der Waals surface area contributed by atoms with E-state index < -0.39 is 0 Å². The number of ether oxygens (including phenoxy) is 1. The second-order valence-corrected chi connectivity index (χ2v) is 6.06. The van der Waals surface area contributed by atoms with Crippen molar-refractivity contribution in [2.24, 2.45) is 11.3 Å². The highest BCUT2D eigenvalue weighted by molar-refractivity contribution is 5.72. The number of hydrogen-bond donors (Lipinski definition) is 2. The molecule has 3 heteroatoms. The minimum Gasteiger partial charge on any atom is -0.491 e. The van der Waals surface area contributed by atoms with Gasteiger partial charge < -0.3 is 15.8 Å². The fourth-order valence-corrected chi connectivity index (χ4v) is 1.56. The minimum absolute atomic E-state index is 0.229. The summed E-state index contributed by atoms with van der Waals surface area (Å²) in [5.74, 6) is 1.38. The van der Waals surface area contributed by atoms with E-state index in [0.29, 0.717) is 18.2 Å². The lowest BCUT2D eigenvalue weighted by Crippen LogP contribution is -2.28. The van der Waals surface area contributed by atoms with E-state index in [1.165, 1.54) is 0 Å². The van der Waals surface area contributed by atoms with E-state index in [1.807, 2.05) is 18.2 Å². The molecule has 0 aliphatic rings. The van der Waals surface area contributed by atoms with Crippen LogP contribution in [-0.2, 0) is 0 Å².